The molecule has 0 saturated heterocycles. The number of rotatable bonds is 7. The highest BCUT2D eigenvalue weighted by molar-refractivity contribution is 5.49. The predicted molar refractivity (Wildman–Crippen MR) is 94.5 cm³/mol. The molecular formula is C21H28O. The quantitative estimate of drug-likeness (QED) is 0.636. The smallest absolute Gasteiger partial charge is 0.119 e. The van der Waals surface area contributed by atoms with E-state index in [1.165, 1.54) is 36.8 Å². The molecule has 1 nitrogen and oxygen atoms in total. The van der Waals surface area contributed by atoms with Gasteiger partial charge in [0.25, 0.3) is 0 Å². The first-order valence-electron chi connectivity index (χ1n) is 8.44. The van der Waals surface area contributed by atoms with Gasteiger partial charge in [-0.05, 0) is 30.0 Å². The molecule has 0 aromatic heterocycles. The highest BCUT2D eigenvalue weighted by Crippen LogP contribution is 2.39. The minimum absolute atomic E-state index is 0.188. The van der Waals surface area contributed by atoms with Gasteiger partial charge < -0.3 is 5.11 Å². The van der Waals surface area contributed by atoms with E-state index in [4.69, 9.17) is 0 Å². The van der Waals surface area contributed by atoms with Crippen LogP contribution in [0.25, 0.3) is 0 Å². The normalized spacial score (nSPS) is 11.6. The van der Waals surface area contributed by atoms with Crippen molar-refractivity contribution >= 4 is 0 Å². The molecule has 0 aliphatic carbocycles. The third-order valence-electron chi connectivity index (χ3n) is 4.55. The van der Waals surface area contributed by atoms with Crippen LogP contribution in [0, 0.1) is 0 Å². The zero-order valence-corrected chi connectivity index (χ0v) is 14.1. The standard InChI is InChI=1S/C21H28O/c1-4-5-6-8-12-17-13-11-16-19(22)20(17)21(2,3)18-14-9-7-10-15-18/h7,9-11,13-16,22H,4-6,8,12H2,1-3H3. The monoisotopic (exact) mass is 296 g/mol. The molecular weight excluding hydrogens is 268 g/mol. The number of aromatic hydroxyl groups is 1. The van der Waals surface area contributed by atoms with Crippen LogP contribution in [0.5, 0.6) is 5.75 Å². The first-order valence-corrected chi connectivity index (χ1v) is 8.44. The molecule has 0 bridgehead atoms. The lowest BCUT2D eigenvalue weighted by molar-refractivity contribution is 0.450. The van der Waals surface area contributed by atoms with E-state index < -0.39 is 0 Å². The van der Waals surface area contributed by atoms with E-state index in [0.717, 1.165) is 12.0 Å². The van der Waals surface area contributed by atoms with Crippen LogP contribution in [0.15, 0.2) is 48.5 Å². The van der Waals surface area contributed by atoms with Crippen molar-refractivity contribution in [1.82, 2.24) is 0 Å². The molecule has 0 unspecified atom stereocenters. The first kappa shape index (κ1) is 16.6. The van der Waals surface area contributed by atoms with Gasteiger partial charge in [0.05, 0.1) is 0 Å². The second-order valence-corrected chi connectivity index (χ2v) is 6.61. The van der Waals surface area contributed by atoms with Gasteiger partial charge in [-0.3, -0.25) is 0 Å². The van der Waals surface area contributed by atoms with E-state index in [-0.39, 0.29) is 5.41 Å². The van der Waals surface area contributed by atoms with Crippen LogP contribution in [0.1, 0.15) is 63.1 Å². The molecule has 118 valence electrons. The van der Waals surface area contributed by atoms with Crippen LogP contribution in [0.4, 0.5) is 0 Å². The number of benzene rings is 2. The zero-order valence-electron chi connectivity index (χ0n) is 14.1. The molecule has 0 amide bonds. The number of phenols is 1. The van der Waals surface area contributed by atoms with Crippen molar-refractivity contribution in [2.75, 3.05) is 0 Å². The van der Waals surface area contributed by atoms with Gasteiger partial charge in [0.15, 0.2) is 0 Å². The Kier molecular flexibility index (Phi) is 5.65. The molecule has 22 heavy (non-hydrogen) atoms. The molecule has 0 radical (unpaired) electrons. The summed E-state index contributed by atoms with van der Waals surface area (Å²) >= 11 is 0. The zero-order chi connectivity index (χ0) is 16.0. The molecule has 0 saturated carbocycles. The Balaban J connectivity index is 2.33. The third kappa shape index (κ3) is 3.71. The number of unbranched alkanes of at least 4 members (excludes halogenated alkanes) is 3. The van der Waals surface area contributed by atoms with Crippen LogP contribution in [0.2, 0.25) is 0 Å². The highest BCUT2D eigenvalue weighted by Gasteiger charge is 2.28. The van der Waals surface area contributed by atoms with Crippen LogP contribution < -0.4 is 0 Å². The minimum Gasteiger partial charge on any atom is -0.508 e. The lowest BCUT2D eigenvalue weighted by atomic mass is 9.75. The second kappa shape index (κ2) is 7.49. The maximum absolute atomic E-state index is 10.5. The van der Waals surface area contributed by atoms with Gasteiger partial charge in [-0.25, -0.2) is 0 Å². The van der Waals surface area contributed by atoms with Crippen molar-refractivity contribution < 1.29 is 5.11 Å². The fourth-order valence-electron chi connectivity index (χ4n) is 3.26. The molecule has 0 aliphatic rings. The second-order valence-electron chi connectivity index (χ2n) is 6.61. The van der Waals surface area contributed by atoms with E-state index in [0.29, 0.717) is 5.75 Å². The van der Waals surface area contributed by atoms with Crippen LogP contribution in [-0.4, -0.2) is 5.11 Å². The minimum atomic E-state index is -0.188. The van der Waals surface area contributed by atoms with E-state index in [9.17, 15) is 5.11 Å². The maximum atomic E-state index is 10.5. The van der Waals surface area contributed by atoms with Crippen LogP contribution >= 0.6 is 0 Å². The Morgan fingerprint density at radius 2 is 1.59 bits per heavy atom. The van der Waals surface area contributed by atoms with Crippen molar-refractivity contribution in [2.45, 2.75) is 58.3 Å². The molecule has 2 rings (SSSR count). The average molecular weight is 296 g/mol. The molecule has 2 aromatic carbocycles. The molecule has 0 atom stereocenters. The van der Waals surface area contributed by atoms with Crippen molar-refractivity contribution in [3.63, 3.8) is 0 Å². The lowest BCUT2D eigenvalue weighted by Gasteiger charge is -2.29. The Morgan fingerprint density at radius 1 is 0.864 bits per heavy atom. The molecule has 0 heterocycles. The molecule has 0 aliphatic heterocycles. The first-order chi connectivity index (χ1) is 10.6. The van der Waals surface area contributed by atoms with Gasteiger partial charge >= 0.3 is 0 Å². The predicted octanol–water partition coefficient (Wildman–Crippen LogP) is 5.84. The Labute approximate surface area is 135 Å². The molecule has 0 fully saturated rings. The largest absolute Gasteiger partial charge is 0.508 e. The highest BCUT2D eigenvalue weighted by atomic mass is 16.3. The molecule has 2 aromatic rings. The van der Waals surface area contributed by atoms with Gasteiger partial charge in [-0.1, -0.05) is 82.5 Å². The summed E-state index contributed by atoms with van der Waals surface area (Å²) in [6, 6.07) is 16.4. The molecule has 1 heteroatoms. The fraction of sp³-hybridized carbons (Fsp3) is 0.429. The number of phenolic OH excluding ortho intramolecular Hbond substituents is 1. The van der Waals surface area contributed by atoms with E-state index in [1.807, 2.05) is 18.2 Å². The van der Waals surface area contributed by atoms with E-state index >= 15 is 0 Å². The Bertz CT molecular complexity index is 584. The summed E-state index contributed by atoms with van der Waals surface area (Å²) in [4.78, 5) is 0. The summed E-state index contributed by atoms with van der Waals surface area (Å²) in [6.45, 7) is 6.64. The molecule has 0 spiro atoms. The van der Waals surface area contributed by atoms with E-state index in [1.54, 1.807) is 0 Å². The number of hydrogen-bond acceptors (Lipinski definition) is 1. The summed E-state index contributed by atoms with van der Waals surface area (Å²) in [5.74, 6) is 0.418. The summed E-state index contributed by atoms with van der Waals surface area (Å²) in [5, 5.41) is 10.5. The van der Waals surface area contributed by atoms with Crippen LogP contribution in [0.3, 0.4) is 0 Å². The summed E-state index contributed by atoms with van der Waals surface area (Å²) in [5.41, 5.74) is 3.42. The lowest BCUT2D eigenvalue weighted by Crippen LogP contribution is -2.21. The number of hydrogen-bond donors (Lipinski definition) is 1. The van der Waals surface area contributed by atoms with Crippen molar-refractivity contribution in [2.24, 2.45) is 0 Å². The van der Waals surface area contributed by atoms with Gasteiger partial charge in [-0.2, -0.15) is 0 Å². The van der Waals surface area contributed by atoms with E-state index in [2.05, 4.69) is 51.1 Å². The summed E-state index contributed by atoms with van der Waals surface area (Å²) < 4.78 is 0. The van der Waals surface area contributed by atoms with Crippen molar-refractivity contribution in [3.05, 3.63) is 65.2 Å². The van der Waals surface area contributed by atoms with Gasteiger partial charge in [0.2, 0.25) is 0 Å². The van der Waals surface area contributed by atoms with Crippen molar-refractivity contribution in [3.8, 4) is 5.75 Å². The van der Waals surface area contributed by atoms with Gasteiger partial charge in [0, 0.05) is 11.0 Å². The maximum Gasteiger partial charge on any atom is 0.119 e. The van der Waals surface area contributed by atoms with Gasteiger partial charge in [-0.15, -0.1) is 0 Å². The number of aryl methyl sites for hydroxylation is 1. The average Bonchev–Trinajstić information content (AvgIpc) is 2.52. The summed E-state index contributed by atoms with van der Waals surface area (Å²) in [7, 11) is 0. The van der Waals surface area contributed by atoms with Crippen LogP contribution in [-0.2, 0) is 11.8 Å². The Hall–Kier alpha value is -1.76. The van der Waals surface area contributed by atoms with Crippen molar-refractivity contribution in [1.29, 1.82) is 0 Å². The Morgan fingerprint density at radius 3 is 2.27 bits per heavy atom. The topological polar surface area (TPSA) is 20.2 Å². The SMILES string of the molecule is CCCCCCc1cccc(O)c1C(C)(C)c1ccccc1. The summed E-state index contributed by atoms with van der Waals surface area (Å²) in [6.07, 6.45) is 6.03. The molecule has 1 N–H and O–H groups in total. The fourth-order valence-corrected chi connectivity index (χ4v) is 3.26. The third-order valence-corrected chi connectivity index (χ3v) is 4.55. The van der Waals surface area contributed by atoms with Gasteiger partial charge in [0.1, 0.15) is 5.75 Å².